The van der Waals surface area contributed by atoms with Gasteiger partial charge in [0.25, 0.3) is 5.91 Å². The smallest absolute Gasteiger partial charge is 0.335 e. The Morgan fingerprint density at radius 3 is 2.55 bits per heavy atom. The van der Waals surface area contributed by atoms with E-state index >= 15 is 0 Å². The highest BCUT2D eigenvalue weighted by molar-refractivity contribution is 6.42. The number of anilines is 1. The summed E-state index contributed by atoms with van der Waals surface area (Å²) in [7, 11) is 0. The summed E-state index contributed by atoms with van der Waals surface area (Å²) in [6.07, 6.45) is 0. The largest absolute Gasteiger partial charge is 0.484 e. The molecule has 0 atom stereocenters. The highest BCUT2D eigenvalue weighted by Gasteiger charge is 2.07. The van der Waals surface area contributed by atoms with Crippen LogP contribution in [-0.4, -0.2) is 23.6 Å². The molecule has 2 N–H and O–H groups in total. The Bertz CT molecular complexity index is 718. The van der Waals surface area contributed by atoms with Crippen molar-refractivity contribution in [2.75, 3.05) is 11.9 Å². The first kappa shape index (κ1) is 16.1. The highest BCUT2D eigenvalue weighted by Crippen LogP contribution is 2.25. The Kier molecular flexibility index (Phi) is 5.25. The van der Waals surface area contributed by atoms with Crippen molar-refractivity contribution in [3.05, 3.63) is 58.1 Å². The minimum Gasteiger partial charge on any atom is -0.484 e. The van der Waals surface area contributed by atoms with Crippen molar-refractivity contribution in [2.24, 2.45) is 0 Å². The number of aromatic carboxylic acids is 1. The molecule has 5 nitrogen and oxygen atoms in total. The molecule has 1 amide bonds. The number of carbonyl (C=O) groups is 2. The molecule has 22 heavy (non-hydrogen) atoms. The quantitative estimate of drug-likeness (QED) is 0.870. The molecular formula is C15H11Cl2NO4. The molecule has 2 aromatic rings. The Labute approximate surface area is 136 Å². The molecular weight excluding hydrogens is 329 g/mol. The van der Waals surface area contributed by atoms with Gasteiger partial charge in [-0.05, 0) is 36.4 Å². The van der Waals surface area contributed by atoms with Crippen LogP contribution in [0.25, 0.3) is 0 Å². The summed E-state index contributed by atoms with van der Waals surface area (Å²) in [5.74, 6) is -1.17. The number of ether oxygens (including phenoxy) is 1. The van der Waals surface area contributed by atoms with Crippen LogP contribution >= 0.6 is 23.2 Å². The third kappa shape index (κ3) is 4.38. The summed E-state index contributed by atoms with van der Waals surface area (Å²) in [5.41, 5.74) is 0.574. The van der Waals surface area contributed by atoms with Crippen molar-refractivity contribution in [3.8, 4) is 5.75 Å². The first-order valence-corrected chi connectivity index (χ1v) is 6.92. The standard InChI is InChI=1S/C15H11Cl2NO4/c16-12-5-4-10(7-13(12)17)18-14(19)8-22-11-3-1-2-9(6-11)15(20)21/h1-7H,8H2,(H,18,19)(H,20,21). The van der Waals surface area contributed by atoms with Gasteiger partial charge in [-0.2, -0.15) is 0 Å². The predicted octanol–water partition coefficient (Wildman–Crippen LogP) is 3.71. The van der Waals surface area contributed by atoms with Crippen LogP contribution in [0.5, 0.6) is 5.75 Å². The maximum absolute atomic E-state index is 11.8. The number of amides is 1. The van der Waals surface area contributed by atoms with Gasteiger partial charge in [0.1, 0.15) is 5.75 Å². The molecule has 0 saturated heterocycles. The van der Waals surface area contributed by atoms with Gasteiger partial charge in [0, 0.05) is 5.69 Å². The molecule has 0 aromatic heterocycles. The van der Waals surface area contributed by atoms with Gasteiger partial charge in [-0.25, -0.2) is 4.79 Å². The van der Waals surface area contributed by atoms with Crippen molar-refractivity contribution in [3.63, 3.8) is 0 Å². The van der Waals surface area contributed by atoms with E-state index in [0.29, 0.717) is 21.5 Å². The SMILES string of the molecule is O=C(COc1cccc(C(=O)O)c1)Nc1ccc(Cl)c(Cl)c1. The topological polar surface area (TPSA) is 75.6 Å². The minimum absolute atomic E-state index is 0.0855. The number of hydrogen-bond acceptors (Lipinski definition) is 3. The summed E-state index contributed by atoms with van der Waals surface area (Å²) in [6.45, 7) is -0.261. The molecule has 0 fully saturated rings. The van der Waals surface area contributed by atoms with Crippen molar-refractivity contribution in [2.45, 2.75) is 0 Å². The van der Waals surface area contributed by atoms with Crippen molar-refractivity contribution in [1.82, 2.24) is 0 Å². The second kappa shape index (κ2) is 7.15. The Hall–Kier alpha value is -2.24. The van der Waals surface area contributed by atoms with Crippen molar-refractivity contribution >= 4 is 40.8 Å². The lowest BCUT2D eigenvalue weighted by molar-refractivity contribution is -0.118. The van der Waals surface area contributed by atoms with E-state index in [1.54, 1.807) is 18.2 Å². The molecule has 0 spiro atoms. The van der Waals surface area contributed by atoms with Crippen LogP contribution in [0.15, 0.2) is 42.5 Å². The van der Waals surface area contributed by atoms with Crippen LogP contribution in [0.3, 0.4) is 0 Å². The lowest BCUT2D eigenvalue weighted by Gasteiger charge is -2.08. The molecule has 0 aliphatic heterocycles. The zero-order valence-electron chi connectivity index (χ0n) is 11.2. The van der Waals surface area contributed by atoms with E-state index in [0.717, 1.165) is 0 Å². The predicted molar refractivity (Wildman–Crippen MR) is 84.0 cm³/mol. The second-order valence-electron chi connectivity index (χ2n) is 4.30. The van der Waals surface area contributed by atoms with E-state index in [9.17, 15) is 9.59 Å². The zero-order chi connectivity index (χ0) is 16.1. The number of carboxylic acids is 1. The summed E-state index contributed by atoms with van der Waals surface area (Å²) < 4.78 is 5.25. The summed E-state index contributed by atoms with van der Waals surface area (Å²) in [4.78, 5) is 22.6. The lowest BCUT2D eigenvalue weighted by Crippen LogP contribution is -2.20. The molecule has 0 heterocycles. The average molecular weight is 340 g/mol. The van der Waals surface area contributed by atoms with Gasteiger partial charge in [0.15, 0.2) is 6.61 Å². The van der Waals surface area contributed by atoms with E-state index in [-0.39, 0.29) is 12.2 Å². The molecule has 0 radical (unpaired) electrons. The normalized spacial score (nSPS) is 10.1. The van der Waals surface area contributed by atoms with Crippen LogP contribution in [0, 0.1) is 0 Å². The minimum atomic E-state index is -1.06. The number of halogens is 2. The fraction of sp³-hybridized carbons (Fsp3) is 0.0667. The average Bonchev–Trinajstić information content (AvgIpc) is 2.49. The molecule has 0 aliphatic rings. The second-order valence-corrected chi connectivity index (χ2v) is 5.11. The molecule has 0 bridgehead atoms. The number of nitrogens with one attached hydrogen (secondary N) is 1. The Morgan fingerprint density at radius 2 is 1.86 bits per heavy atom. The Balaban J connectivity index is 1.94. The van der Waals surface area contributed by atoms with Crippen molar-refractivity contribution < 1.29 is 19.4 Å². The van der Waals surface area contributed by atoms with Crippen molar-refractivity contribution in [1.29, 1.82) is 0 Å². The monoisotopic (exact) mass is 339 g/mol. The maximum atomic E-state index is 11.8. The summed E-state index contributed by atoms with van der Waals surface area (Å²) >= 11 is 11.6. The van der Waals surface area contributed by atoms with Gasteiger partial charge >= 0.3 is 5.97 Å². The van der Waals surface area contributed by atoms with Crippen LogP contribution in [-0.2, 0) is 4.79 Å². The van der Waals surface area contributed by atoms with E-state index < -0.39 is 11.9 Å². The van der Waals surface area contributed by atoms with Crippen LogP contribution < -0.4 is 10.1 Å². The molecule has 0 aliphatic carbocycles. The third-order valence-electron chi connectivity index (χ3n) is 2.65. The van der Waals surface area contributed by atoms with Gasteiger partial charge in [-0.1, -0.05) is 29.3 Å². The van der Waals surface area contributed by atoms with E-state index in [1.807, 2.05) is 0 Å². The number of benzene rings is 2. The van der Waals surface area contributed by atoms with Crippen LogP contribution in [0.1, 0.15) is 10.4 Å². The van der Waals surface area contributed by atoms with E-state index in [4.69, 9.17) is 33.0 Å². The molecule has 114 valence electrons. The van der Waals surface area contributed by atoms with Gasteiger partial charge < -0.3 is 15.2 Å². The zero-order valence-corrected chi connectivity index (χ0v) is 12.7. The first-order valence-electron chi connectivity index (χ1n) is 6.17. The lowest BCUT2D eigenvalue weighted by atomic mass is 10.2. The number of carboxylic acid groups (broad SMARTS) is 1. The van der Waals surface area contributed by atoms with Crippen LogP contribution in [0.2, 0.25) is 10.0 Å². The molecule has 2 rings (SSSR count). The molecule has 0 saturated carbocycles. The number of carbonyl (C=O) groups excluding carboxylic acids is 1. The number of hydrogen-bond donors (Lipinski definition) is 2. The van der Waals surface area contributed by atoms with Gasteiger partial charge in [-0.3, -0.25) is 4.79 Å². The summed E-state index contributed by atoms with van der Waals surface area (Å²) in [5, 5.41) is 12.2. The summed E-state index contributed by atoms with van der Waals surface area (Å²) in [6, 6.07) is 10.6. The van der Waals surface area contributed by atoms with Gasteiger partial charge in [-0.15, -0.1) is 0 Å². The molecule has 0 unspecified atom stereocenters. The van der Waals surface area contributed by atoms with Crippen LogP contribution in [0.4, 0.5) is 5.69 Å². The fourth-order valence-electron chi connectivity index (χ4n) is 1.64. The van der Waals surface area contributed by atoms with E-state index in [1.165, 1.54) is 24.3 Å². The van der Waals surface area contributed by atoms with E-state index in [2.05, 4.69) is 5.32 Å². The number of rotatable bonds is 5. The van der Waals surface area contributed by atoms with Gasteiger partial charge in [0.05, 0.1) is 15.6 Å². The van der Waals surface area contributed by atoms with Gasteiger partial charge in [0.2, 0.25) is 0 Å². The molecule has 7 heteroatoms. The maximum Gasteiger partial charge on any atom is 0.335 e. The fourth-order valence-corrected chi connectivity index (χ4v) is 1.94. The Morgan fingerprint density at radius 1 is 1.09 bits per heavy atom. The first-order chi connectivity index (χ1) is 10.5. The molecule has 2 aromatic carbocycles. The highest BCUT2D eigenvalue weighted by atomic mass is 35.5. The third-order valence-corrected chi connectivity index (χ3v) is 3.39.